The monoisotopic (exact) mass is 298 g/mol. The van der Waals surface area contributed by atoms with Gasteiger partial charge in [-0.15, -0.1) is 0 Å². The molecule has 0 amide bonds. The molecule has 0 bridgehead atoms. The summed E-state index contributed by atoms with van der Waals surface area (Å²) in [4.78, 5) is 19.4. The molecule has 0 aliphatic heterocycles. The summed E-state index contributed by atoms with van der Waals surface area (Å²) in [5.74, 6) is -0.266. The lowest BCUT2D eigenvalue weighted by molar-refractivity contribution is 0.0522. The SMILES string of the molecule is CCOC(=O)c1c(CN(C)C2CC2)nc2ccccc2c1C. The van der Waals surface area contributed by atoms with Crippen LogP contribution in [0.4, 0.5) is 0 Å². The van der Waals surface area contributed by atoms with Crippen molar-refractivity contribution < 1.29 is 9.53 Å². The number of hydrogen-bond donors (Lipinski definition) is 0. The van der Waals surface area contributed by atoms with Crippen molar-refractivity contribution in [2.75, 3.05) is 13.7 Å². The van der Waals surface area contributed by atoms with E-state index in [4.69, 9.17) is 9.72 Å². The highest BCUT2D eigenvalue weighted by Crippen LogP contribution is 2.29. The Morgan fingerprint density at radius 2 is 2.09 bits per heavy atom. The van der Waals surface area contributed by atoms with Crippen molar-refractivity contribution in [2.24, 2.45) is 0 Å². The van der Waals surface area contributed by atoms with Gasteiger partial charge < -0.3 is 4.74 Å². The van der Waals surface area contributed by atoms with Gasteiger partial charge in [0.05, 0.1) is 23.4 Å². The molecule has 0 unspecified atom stereocenters. The molecule has 1 aliphatic rings. The molecule has 1 heterocycles. The van der Waals surface area contributed by atoms with Crippen LogP contribution < -0.4 is 0 Å². The van der Waals surface area contributed by atoms with Crippen LogP contribution in [0.3, 0.4) is 0 Å². The van der Waals surface area contributed by atoms with Crippen LogP contribution in [0.1, 0.15) is 41.4 Å². The van der Waals surface area contributed by atoms with Gasteiger partial charge in [0.1, 0.15) is 0 Å². The molecule has 0 N–H and O–H groups in total. The van der Waals surface area contributed by atoms with Crippen molar-refractivity contribution in [2.45, 2.75) is 39.3 Å². The van der Waals surface area contributed by atoms with Gasteiger partial charge in [-0.1, -0.05) is 18.2 Å². The van der Waals surface area contributed by atoms with E-state index in [9.17, 15) is 4.79 Å². The van der Waals surface area contributed by atoms with E-state index in [1.165, 1.54) is 12.8 Å². The summed E-state index contributed by atoms with van der Waals surface area (Å²) in [6, 6.07) is 8.59. The van der Waals surface area contributed by atoms with Crippen molar-refractivity contribution in [1.82, 2.24) is 9.88 Å². The third kappa shape index (κ3) is 2.83. The van der Waals surface area contributed by atoms with Crippen LogP contribution in [0.25, 0.3) is 10.9 Å². The number of aryl methyl sites for hydroxylation is 1. The first-order valence-electron chi connectivity index (χ1n) is 7.87. The zero-order chi connectivity index (χ0) is 15.7. The van der Waals surface area contributed by atoms with Crippen LogP contribution in [0.15, 0.2) is 24.3 Å². The standard InChI is InChI=1S/C18H22N2O2/c1-4-22-18(21)17-12(2)14-7-5-6-8-15(14)19-16(17)11-20(3)13-9-10-13/h5-8,13H,4,9-11H2,1-3H3. The smallest absolute Gasteiger partial charge is 0.340 e. The van der Waals surface area contributed by atoms with E-state index >= 15 is 0 Å². The number of benzene rings is 1. The number of fused-ring (bicyclic) bond motifs is 1. The number of esters is 1. The second kappa shape index (κ2) is 6.05. The summed E-state index contributed by atoms with van der Waals surface area (Å²) >= 11 is 0. The minimum atomic E-state index is -0.266. The van der Waals surface area contributed by atoms with Crippen LogP contribution >= 0.6 is 0 Å². The van der Waals surface area contributed by atoms with E-state index in [0.717, 1.165) is 22.2 Å². The van der Waals surface area contributed by atoms with Gasteiger partial charge >= 0.3 is 5.97 Å². The first-order valence-corrected chi connectivity index (χ1v) is 7.87. The van der Waals surface area contributed by atoms with Crippen molar-refractivity contribution in [3.05, 3.63) is 41.1 Å². The van der Waals surface area contributed by atoms with Crippen molar-refractivity contribution in [1.29, 1.82) is 0 Å². The number of hydrogen-bond acceptors (Lipinski definition) is 4. The molecule has 3 rings (SSSR count). The lowest BCUT2D eigenvalue weighted by atomic mass is 10.0. The molecule has 4 heteroatoms. The molecule has 1 aliphatic carbocycles. The Morgan fingerprint density at radius 1 is 1.36 bits per heavy atom. The molecule has 0 spiro atoms. The van der Waals surface area contributed by atoms with Gasteiger partial charge in [-0.2, -0.15) is 0 Å². The fraction of sp³-hybridized carbons (Fsp3) is 0.444. The normalized spacial score (nSPS) is 14.5. The van der Waals surface area contributed by atoms with Gasteiger partial charge in [-0.25, -0.2) is 4.79 Å². The Hall–Kier alpha value is -1.94. The average Bonchev–Trinajstić information content (AvgIpc) is 3.32. The molecule has 22 heavy (non-hydrogen) atoms. The number of carbonyl (C=O) groups excluding carboxylic acids is 1. The highest BCUT2D eigenvalue weighted by Gasteiger charge is 2.28. The summed E-state index contributed by atoms with van der Waals surface area (Å²) in [6.45, 7) is 4.88. The predicted molar refractivity (Wildman–Crippen MR) is 86.9 cm³/mol. The fourth-order valence-electron chi connectivity index (χ4n) is 2.91. The maximum absolute atomic E-state index is 12.4. The van der Waals surface area contributed by atoms with Gasteiger partial charge in [-0.3, -0.25) is 9.88 Å². The molecule has 0 radical (unpaired) electrons. The van der Waals surface area contributed by atoms with Gasteiger partial charge in [0.15, 0.2) is 0 Å². The van der Waals surface area contributed by atoms with Crippen molar-refractivity contribution in [3.63, 3.8) is 0 Å². The Bertz CT molecular complexity index is 708. The lowest BCUT2D eigenvalue weighted by Gasteiger charge is -2.19. The van der Waals surface area contributed by atoms with Crippen LogP contribution in [-0.2, 0) is 11.3 Å². The first-order chi connectivity index (χ1) is 10.6. The van der Waals surface area contributed by atoms with E-state index in [-0.39, 0.29) is 5.97 Å². The number of aromatic nitrogens is 1. The zero-order valence-corrected chi connectivity index (χ0v) is 13.4. The molecule has 1 fully saturated rings. The number of pyridine rings is 1. The van der Waals surface area contributed by atoms with E-state index in [2.05, 4.69) is 11.9 Å². The van der Waals surface area contributed by atoms with Crippen molar-refractivity contribution >= 4 is 16.9 Å². The fourth-order valence-corrected chi connectivity index (χ4v) is 2.91. The zero-order valence-electron chi connectivity index (χ0n) is 13.4. The van der Waals surface area contributed by atoms with Crippen LogP contribution in [0.5, 0.6) is 0 Å². The number of para-hydroxylation sites is 1. The maximum Gasteiger partial charge on any atom is 0.340 e. The van der Waals surface area contributed by atoms with E-state index in [1.807, 2.05) is 38.1 Å². The molecule has 0 atom stereocenters. The second-order valence-corrected chi connectivity index (χ2v) is 5.94. The Morgan fingerprint density at radius 3 is 2.77 bits per heavy atom. The molecule has 1 aromatic heterocycles. The molecular formula is C18H22N2O2. The van der Waals surface area contributed by atoms with Gasteiger partial charge in [0.25, 0.3) is 0 Å². The topological polar surface area (TPSA) is 42.4 Å². The highest BCUT2D eigenvalue weighted by atomic mass is 16.5. The Kier molecular flexibility index (Phi) is 4.12. The number of ether oxygens (including phenoxy) is 1. The van der Waals surface area contributed by atoms with Gasteiger partial charge in [0.2, 0.25) is 0 Å². The Labute approximate surface area is 131 Å². The molecule has 0 saturated heterocycles. The second-order valence-electron chi connectivity index (χ2n) is 5.94. The number of nitrogens with zero attached hydrogens (tertiary/aromatic N) is 2. The van der Waals surface area contributed by atoms with Crippen LogP contribution in [0, 0.1) is 6.92 Å². The molecule has 116 valence electrons. The van der Waals surface area contributed by atoms with Crippen LogP contribution in [-0.4, -0.2) is 35.5 Å². The van der Waals surface area contributed by atoms with Gasteiger partial charge in [-0.05, 0) is 45.4 Å². The summed E-state index contributed by atoms with van der Waals surface area (Å²) < 4.78 is 5.26. The molecule has 2 aromatic rings. The molecule has 1 aromatic carbocycles. The molecular weight excluding hydrogens is 276 g/mol. The number of rotatable bonds is 5. The lowest BCUT2D eigenvalue weighted by Crippen LogP contribution is -2.23. The summed E-state index contributed by atoms with van der Waals surface area (Å²) in [6.07, 6.45) is 2.47. The summed E-state index contributed by atoms with van der Waals surface area (Å²) in [5.41, 5.74) is 3.35. The summed E-state index contributed by atoms with van der Waals surface area (Å²) in [5, 5.41) is 1.02. The number of carbonyl (C=O) groups is 1. The first kappa shape index (κ1) is 15.0. The minimum Gasteiger partial charge on any atom is -0.462 e. The quantitative estimate of drug-likeness (QED) is 0.794. The predicted octanol–water partition coefficient (Wildman–Crippen LogP) is 3.31. The third-order valence-electron chi connectivity index (χ3n) is 4.28. The van der Waals surface area contributed by atoms with E-state index in [0.29, 0.717) is 24.8 Å². The average molecular weight is 298 g/mol. The largest absolute Gasteiger partial charge is 0.462 e. The van der Waals surface area contributed by atoms with Crippen LogP contribution in [0.2, 0.25) is 0 Å². The summed E-state index contributed by atoms with van der Waals surface area (Å²) in [7, 11) is 2.10. The third-order valence-corrected chi connectivity index (χ3v) is 4.28. The van der Waals surface area contributed by atoms with E-state index < -0.39 is 0 Å². The highest BCUT2D eigenvalue weighted by molar-refractivity contribution is 5.98. The van der Waals surface area contributed by atoms with Crippen molar-refractivity contribution in [3.8, 4) is 0 Å². The maximum atomic E-state index is 12.4. The Balaban J connectivity index is 2.09. The molecule has 4 nitrogen and oxygen atoms in total. The molecule has 1 saturated carbocycles. The van der Waals surface area contributed by atoms with Gasteiger partial charge in [0, 0.05) is 18.0 Å². The van der Waals surface area contributed by atoms with E-state index in [1.54, 1.807) is 0 Å². The minimum absolute atomic E-state index is 0.266.